The van der Waals surface area contributed by atoms with E-state index in [1.807, 2.05) is 0 Å². The zero-order valence-electron chi connectivity index (χ0n) is 13.6. The summed E-state index contributed by atoms with van der Waals surface area (Å²) in [6, 6.07) is -1.01. The second kappa shape index (κ2) is 3.41. The van der Waals surface area contributed by atoms with Crippen LogP contribution < -0.4 is 4.74 Å². The van der Waals surface area contributed by atoms with Gasteiger partial charge in [0.05, 0.1) is 24.1 Å². The van der Waals surface area contributed by atoms with Gasteiger partial charge in [-0.15, -0.1) is 0 Å². The predicted octanol–water partition coefficient (Wildman–Crippen LogP) is 1.62. The number of ether oxygens (including phenoxy) is 2. The second-order valence-corrected chi connectivity index (χ2v) is 2.62. The van der Waals surface area contributed by atoms with Crippen molar-refractivity contribution in [3.05, 3.63) is 22.7 Å². The monoisotopic (exact) mass is 237 g/mol. The van der Waals surface area contributed by atoms with Crippen LogP contribution >= 0.6 is 15.9 Å². The van der Waals surface area contributed by atoms with Gasteiger partial charge in [0.2, 0.25) is 5.88 Å². The first-order chi connectivity index (χ1) is 8.93. The lowest BCUT2D eigenvalue weighted by Gasteiger charge is -2.25. The van der Waals surface area contributed by atoms with Crippen molar-refractivity contribution < 1.29 is 20.4 Å². The molecule has 64 valence electrons. The van der Waals surface area contributed by atoms with E-state index in [0.29, 0.717) is 0 Å². The molecule has 0 unspecified atom stereocenters. The first-order valence-electron chi connectivity index (χ1n) is 6.95. The van der Waals surface area contributed by atoms with Crippen molar-refractivity contribution in [1.29, 1.82) is 0 Å². The van der Waals surface area contributed by atoms with Crippen molar-refractivity contribution in [1.82, 2.24) is 4.98 Å². The van der Waals surface area contributed by atoms with Crippen LogP contribution in [0.4, 0.5) is 0 Å². The van der Waals surface area contributed by atoms with Gasteiger partial charge in [-0.1, -0.05) is 0 Å². The standard InChI is InChI=1S/C8H8BrNO2/c9-6-1-2-8(10-3-6)12-7-4-11-5-7/h1-3,7H,4-5H2/i1D,2D,3D,4D2,5D2,7D. The van der Waals surface area contributed by atoms with Crippen LogP contribution in [-0.4, -0.2) is 24.2 Å². The molecule has 1 aliphatic heterocycles. The Morgan fingerprint density at radius 3 is 3.42 bits per heavy atom. The molecule has 0 amide bonds. The molecule has 2 heterocycles. The largest absolute Gasteiger partial charge is 0.469 e. The van der Waals surface area contributed by atoms with Crippen molar-refractivity contribution in [3.63, 3.8) is 0 Å². The van der Waals surface area contributed by atoms with E-state index in [1.54, 1.807) is 0 Å². The fourth-order valence-corrected chi connectivity index (χ4v) is 0.731. The SMILES string of the molecule is [2H]c1nc(OC2([2H])C([2H])([2H])OC2([2H])[2H])c([2H])c([2H])c1Br. The zero-order valence-corrected chi connectivity index (χ0v) is 7.23. The van der Waals surface area contributed by atoms with Crippen LogP contribution in [-0.2, 0) is 4.74 Å². The third-order valence-electron chi connectivity index (χ3n) is 1.02. The molecule has 1 fully saturated rings. The Morgan fingerprint density at radius 2 is 2.67 bits per heavy atom. The van der Waals surface area contributed by atoms with Crippen molar-refractivity contribution >= 4 is 15.9 Å². The van der Waals surface area contributed by atoms with E-state index in [1.165, 1.54) is 0 Å². The van der Waals surface area contributed by atoms with E-state index < -0.39 is 43.3 Å². The van der Waals surface area contributed by atoms with E-state index in [2.05, 4.69) is 25.7 Å². The van der Waals surface area contributed by atoms with E-state index in [9.17, 15) is 0 Å². The molecule has 1 aromatic heterocycles. The maximum absolute atomic E-state index is 7.74. The van der Waals surface area contributed by atoms with E-state index >= 15 is 0 Å². The Morgan fingerprint density at radius 1 is 1.83 bits per heavy atom. The van der Waals surface area contributed by atoms with Crippen molar-refractivity contribution in [3.8, 4) is 5.88 Å². The van der Waals surface area contributed by atoms with Gasteiger partial charge in [0.25, 0.3) is 0 Å². The highest BCUT2D eigenvalue weighted by atomic mass is 79.9. The van der Waals surface area contributed by atoms with E-state index in [4.69, 9.17) is 15.7 Å². The Hall–Kier alpha value is -0.610. The molecule has 0 N–H and O–H groups in total. The predicted molar refractivity (Wildman–Crippen MR) is 47.2 cm³/mol. The number of rotatable bonds is 2. The fourth-order valence-electron chi connectivity index (χ4n) is 0.543. The minimum Gasteiger partial charge on any atom is -0.469 e. The second-order valence-electron chi connectivity index (χ2n) is 1.83. The molecule has 3 nitrogen and oxygen atoms in total. The van der Waals surface area contributed by atoms with Crippen LogP contribution in [0.25, 0.3) is 0 Å². The highest BCUT2D eigenvalue weighted by Crippen LogP contribution is 2.15. The number of halogens is 1. The average molecular weight is 238 g/mol. The zero-order chi connectivity index (χ0) is 15.5. The average Bonchev–Trinajstić information content (AvgIpc) is 2.31. The van der Waals surface area contributed by atoms with Crippen LogP contribution in [0.2, 0.25) is 0 Å². The normalized spacial score (nSPS) is 37.8. The van der Waals surface area contributed by atoms with Crippen LogP contribution in [0.5, 0.6) is 5.88 Å². The van der Waals surface area contributed by atoms with E-state index in [-0.39, 0.29) is 4.47 Å². The molecule has 0 atom stereocenters. The third-order valence-corrected chi connectivity index (χ3v) is 1.40. The summed E-state index contributed by atoms with van der Waals surface area (Å²) in [6.45, 7) is -5.50. The highest BCUT2D eigenvalue weighted by molar-refractivity contribution is 9.10. The number of hydrogen-bond donors (Lipinski definition) is 0. The molecule has 0 radical (unpaired) electrons. The van der Waals surface area contributed by atoms with E-state index in [0.717, 1.165) is 0 Å². The number of aromatic nitrogens is 1. The Kier molecular flexibility index (Phi) is 0.840. The first-order valence-corrected chi connectivity index (χ1v) is 3.75. The van der Waals surface area contributed by atoms with Gasteiger partial charge in [-0.2, -0.15) is 0 Å². The Balaban J connectivity index is 2.45. The summed E-state index contributed by atoms with van der Waals surface area (Å²) in [7, 11) is 0. The summed E-state index contributed by atoms with van der Waals surface area (Å²) in [5, 5.41) is 0. The molecule has 0 spiro atoms. The summed E-state index contributed by atoms with van der Waals surface area (Å²) < 4.78 is 68.8. The number of nitrogens with zero attached hydrogens (tertiary/aromatic N) is 1. The van der Waals surface area contributed by atoms with Gasteiger partial charge < -0.3 is 9.47 Å². The summed E-state index contributed by atoms with van der Waals surface area (Å²) >= 11 is 2.89. The molecular weight excluding hydrogens is 222 g/mol. The van der Waals surface area contributed by atoms with Crippen molar-refractivity contribution in [2.75, 3.05) is 13.1 Å². The summed E-state index contributed by atoms with van der Waals surface area (Å²) in [6.07, 6.45) is -3.22. The summed E-state index contributed by atoms with van der Waals surface area (Å²) in [5.74, 6) is -0.672. The molecule has 1 aromatic rings. The Bertz CT molecular complexity index is 566. The summed E-state index contributed by atoms with van der Waals surface area (Å²) in [5.41, 5.74) is 0. The molecule has 1 aliphatic rings. The van der Waals surface area contributed by atoms with Crippen LogP contribution in [0.1, 0.15) is 11.0 Å². The fraction of sp³-hybridized carbons (Fsp3) is 0.375. The highest BCUT2D eigenvalue weighted by Gasteiger charge is 2.20. The van der Waals surface area contributed by atoms with Gasteiger partial charge >= 0.3 is 0 Å². The van der Waals surface area contributed by atoms with Gasteiger partial charge in [-0.25, -0.2) is 4.98 Å². The smallest absolute Gasteiger partial charge is 0.213 e. The number of hydrogen-bond acceptors (Lipinski definition) is 3. The lowest BCUT2D eigenvalue weighted by Crippen LogP contribution is -2.38. The maximum atomic E-state index is 7.74. The maximum Gasteiger partial charge on any atom is 0.213 e. The number of pyridine rings is 1. The van der Waals surface area contributed by atoms with Crippen LogP contribution in [0.15, 0.2) is 22.7 Å². The molecule has 0 bridgehead atoms. The van der Waals surface area contributed by atoms with Crippen LogP contribution in [0, 0.1) is 0 Å². The molecule has 0 aromatic carbocycles. The van der Waals surface area contributed by atoms with Gasteiger partial charge in [0, 0.05) is 16.7 Å². The van der Waals surface area contributed by atoms with Crippen molar-refractivity contribution in [2.45, 2.75) is 6.08 Å². The Labute approximate surface area is 90.1 Å². The molecule has 2 rings (SSSR count). The van der Waals surface area contributed by atoms with Crippen molar-refractivity contribution in [2.24, 2.45) is 0 Å². The minimum absolute atomic E-state index is 0.0511. The van der Waals surface area contributed by atoms with Gasteiger partial charge in [0.15, 0.2) is 0 Å². The third kappa shape index (κ3) is 1.76. The molecule has 0 aliphatic carbocycles. The first kappa shape index (κ1) is 2.96. The van der Waals surface area contributed by atoms with Gasteiger partial charge in [-0.3, -0.25) is 0 Å². The van der Waals surface area contributed by atoms with Gasteiger partial charge in [-0.05, 0) is 22.0 Å². The van der Waals surface area contributed by atoms with Crippen LogP contribution in [0.3, 0.4) is 0 Å². The quantitative estimate of drug-likeness (QED) is 0.784. The lowest BCUT2D eigenvalue weighted by molar-refractivity contribution is -0.0813. The molecule has 12 heavy (non-hydrogen) atoms. The van der Waals surface area contributed by atoms with Gasteiger partial charge in [0.1, 0.15) is 6.08 Å². The summed E-state index contributed by atoms with van der Waals surface area (Å²) in [4.78, 5) is 3.51. The minimum atomic E-state index is -2.78. The molecule has 1 saturated heterocycles. The topological polar surface area (TPSA) is 31.4 Å². The molecular formula is C8H8BrNO2. The molecule has 0 saturated carbocycles. The molecule has 4 heteroatoms. The lowest BCUT2D eigenvalue weighted by atomic mass is 10.3.